The summed E-state index contributed by atoms with van der Waals surface area (Å²) in [5.41, 5.74) is 3.10. The summed E-state index contributed by atoms with van der Waals surface area (Å²) in [7, 11) is 0. The van der Waals surface area contributed by atoms with Crippen molar-refractivity contribution in [1.82, 2.24) is 5.32 Å². The summed E-state index contributed by atoms with van der Waals surface area (Å²) in [6, 6.07) is 8.75. The molecule has 1 N–H and O–H groups in total. The molecule has 1 heteroatoms. The summed E-state index contributed by atoms with van der Waals surface area (Å²) >= 11 is 0. The molecular formula is C11H15N. The molecule has 1 atom stereocenters. The van der Waals surface area contributed by atoms with Gasteiger partial charge in [-0.2, -0.15) is 0 Å². The maximum absolute atomic E-state index is 3.39. The van der Waals surface area contributed by atoms with Crippen LogP contribution < -0.4 is 5.32 Å². The molecule has 1 aliphatic carbocycles. The molecule has 0 aliphatic heterocycles. The van der Waals surface area contributed by atoms with E-state index in [0.29, 0.717) is 0 Å². The van der Waals surface area contributed by atoms with Crippen molar-refractivity contribution < 1.29 is 0 Å². The van der Waals surface area contributed by atoms with Gasteiger partial charge in [-0.25, -0.2) is 0 Å². The molecule has 1 unspecified atom stereocenters. The smallest absolute Gasteiger partial charge is 0.00233 e. The van der Waals surface area contributed by atoms with Gasteiger partial charge in [-0.15, -0.1) is 0 Å². The molecule has 0 fully saturated rings. The molecule has 0 radical (unpaired) electrons. The van der Waals surface area contributed by atoms with Gasteiger partial charge in [0.15, 0.2) is 0 Å². The first-order valence-corrected chi connectivity index (χ1v) is 4.70. The number of fused-ring (bicyclic) bond motifs is 1. The molecule has 2 rings (SSSR count). The highest BCUT2D eigenvalue weighted by atomic mass is 14.8. The first kappa shape index (κ1) is 7.81. The molecule has 0 saturated carbocycles. The van der Waals surface area contributed by atoms with Crippen LogP contribution >= 0.6 is 0 Å². The van der Waals surface area contributed by atoms with E-state index in [1.807, 2.05) is 0 Å². The van der Waals surface area contributed by atoms with Crippen molar-refractivity contribution >= 4 is 0 Å². The van der Waals surface area contributed by atoms with Crippen LogP contribution in [0.15, 0.2) is 24.3 Å². The van der Waals surface area contributed by atoms with Crippen molar-refractivity contribution in [2.24, 2.45) is 0 Å². The van der Waals surface area contributed by atoms with Gasteiger partial charge in [0.1, 0.15) is 0 Å². The standard InChI is InChI=1S/C11H15N/c1-2-12-8-10-7-9-5-3-4-6-11(9)10/h3-6,10,12H,2,7-8H2,1H3. The number of hydrogen-bond acceptors (Lipinski definition) is 1. The Kier molecular flexibility index (Phi) is 2.13. The van der Waals surface area contributed by atoms with Crippen molar-refractivity contribution in [1.29, 1.82) is 0 Å². The minimum atomic E-state index is 0.779. The fraction of sp³-hybridized carbons (Fsp3) is 0.455. The molecule has 0 heterocycles. The van der Waals surface area contributed by atoms with Crippen LogP contribution in [0.1, 0.15) is 24.0 Å². The van der Waals surface area contributed by atoms with Crippen molar-refractivity contribution in [3.8, 4) is 0 Å². The Morgan fingerprint density at radius 2 is 2.25 bits per heavy atom. The molecule has 1 aromatic rings. The Labute approximate surface area is 73.8 Å². The third kappa shape index (κ3) is 1.25. The summed E-state index contributed by atoms with van der Waals surface area (Å²) in [5.74, 6) is 0.779. The molecule has 64 valence electrons. The monoisotopic (exact) mass is 161 g/mol. The second-order valence-electron chi connectivity index (χ2n) is 3.41. The lowest BCUT2D eigenvalue weighted by Crippen LogP contribution is -2.28. The Balaban J connectivity index is 2.00. The third-order valence-electron chi connectivity index (χ3n) is 2.60. The van der Waals surface area contributed by atoms with Gasteiger partial charge in [0, 0.05) is 12.5 Å². The van der Waals surface area contributed by atoms with Crippen LogP contribution in [0.3, 0.4) is 0 Å². The van der Waals surface area contributed by atoms with Crippen molar-refractivity contribution in [3.63, 3.8) is 0 Å². The van der Waals surface area contributed by atoms with Crippen molar-refractivity contribution in [2.45, 2.75) is 19.3 Å². The second kappa shape index (κ2) is 3.28. The predicted octanol–water partition coefficient (Wildman–Crippen LogP) is 1.94. The minimum absolute atomic E-state index is 0.779. The van der Waals surface area contributed by atoms with Crippen LogP contribution in [0.5, 0.6) is 0 Å². The van der Waals surface area contributed by atoms with E-state index >= 15 is 0 Å². The molecule has 0 aromatic heterocycles. The van der Waals surface area contributed by atoms with Crippen LogP contribution in [0.4, 0.5) is 0 Å². The summed E-state index contributed by atoms with van der Waals surface area (Å²) in [5, 5.41) is 3.39. The number of nitrogens with one attached hydrogen (secondary N) is 1. The van der Waals surface area contributed by atoms with Crippen LogP contribution in [0.2, 0.25) is 0 Å². The lowest BCUT2D eigenvalue weighted by molar-refractivity contribution is 0.547. The normalized spacial score (nSPS) is 19.9. The fourth-order valence-corrected chi connectivity index (χ4v) is 1.86. The van der Waals surface area contributed by atoms with E-state index in [0.717, 1.165) is 19.0 Å². The molecule has 0 amide bonds. The molecule has 12 heavy (non-hydrogen) atoms. The van der Waals surface area contributed by atoms with Crippen LogP contribution in [0.25, 0.3) is 0 Å². The van der Waals surface area contributed by atoms with Crippen LogP contribution in [0, 0.1) is 0 Å². The molecule has 1 nitrogen and oxygen atoms in total. The number of likely N-dealkylation sites (N-methyl/N-ethyl adjacent to an activating group) is 1. The highest BCUT2D eigenvalue weighted by molar-refractivity contribution is 5.40. The Bertz CT molecular complexity index is 267. The zero-order chi connectivity index (χ0) is 8.39. The van der Waals surface area contributed by atoms with E-state index in [9.17, 15) is 0 Å². The Morgan fingerprint density at radius 3 is 3.00 bits per heavy atom. The maximum atomic E-state index is 3.39. The zero-order valence-corrected chi connectivity index (χ0v) is 7.51. The summed E-state index contributed by atoms with van der Waals surface area (Å²) < 4.78 is 0. The Morgan fingerprint density at radius 1 is 1.42 bits per heavy atom. The number of rotatable bonds is 3. The van der Waals surface area contributed by atoms with Gasteiger partial charge < -0.3 is 5.32 Å². The van der Waals surface area contributed by atoms with Gasteiger partial charge >= 0.3 is 0 Å². The van der Waals surface area contributed by atoms with Gasteiger partial charge in [0.2, 0.25) is 0 Å². The maximum Gasteiger partial charge on any atom is 0.00233 e. The second-order valence-corrected chi connectivity index (χ2v) is 3.41. The highest BCUT2D eigenvalue weighted by Gasteiger charge is 2.24. The number of hydrogen-bond donors (Lipinski definition) is 1. The molecule has 0 saturated heterocycles. The lowest BCUT2D eigenvalue weighted by atomic mass is 9.78. The topological polar surface area (TPSA) is 12.0 Å². The van der Waals surface area contributed by atoms with E-state index in [1.54, 1.807) is 11.1 Å². The zero-order valence-electron chi connectivity index (χ0n) is 7.51. The van der Waals surface area contributed by atoms with Crippen LogP contribution in [-0.4, -0.2) is 13.1 Å². The van der Waals surface area contributed by atoms with Gasteiger partial charge in [-0.3, -0.25) is 0 Å². The molecule has 0 bridgehead atoms. The first-order valence-electron chi connectivity index (χ1n) is 4.70. The Hall–Kier alpha value is -0.820. The fourth-order valence-electron chi connectivity index (χ4n) is 1.86. The summed E-state index contributed by atoms with van der Waals surface area (Å²) in [6.45, 7) is 4.39. The predicted molar refractivity (Wildman–Crippen MR) is 51.4 cm³/mol. The highest BCUT2D eigenvalue weighted by Crippen LogP contribution is 2.33. The average molecular weight is 161 g/mol. The molecular weight excluding hydrogens is 146 g/mol. The van der Waals surface area contributed by atoms with Gasteiger partial charge in [0.05, 0.1) is 0 Å². The van der Waals surface area contributed by atoms with E-state index in [1.165, 1.54) is 6.42 Å². The molecule has 1 aromatic carbocycles. The van der Waals surface area contributed by atoms with E-state index in [4.69, 9.17) is 0 Å². The van der Waals surface area contributed by atoms with Gasteiger partial charge in [0.25, 0.3) is 0 Å². The van der Waals surface area contributed by atoms with E-state index < -0.39 is 0 Å². The van der Waals surface area contributed by atoms with Crippen molar-refractivity contribution in [2.75, 3.05) is 13.1 Å². The summed E-state index contributed by atoms with van der Waals surface area (Å²) in [6.07, 6.45) is 1.27. The van der Waals surface area contributed by atoms with Gasteiger partial charge in [-0.05, 0) is 24.1 Å². The molecule has 1 aliphatic rings. The lowest BCUT2D eigenvalue weighted by Gasteiger charge is -2.30. The molecule has 0 spiro atoms. The van der Waals surface area contributed by atoms with E-state index in [-0.39, 0.29) is 0 Å². The summed E-state index contributed by atoms with van der Waals surface area (Å²) in [4.78, 5) is 0. The average Bonchev–Trinajstić information content (AvgIpc) is 2.07. The van der Waals surface area contributed by atoms with E-state index in [2.05, 4.69) is 36.5 Å². The third-order valence-corrected chi connectivity index (χ3v) is 2.60. The quantitative estimate of drug-likeness (QED) is 0.714. The SMILES string of the molecule is CCNCC1Cc2ccccc21. The van der Waals surface area contributed by atoms with Crippen molar-refractivity contribution in [3.05, 3.63) is 35.4 Å². The van der Waals surface area contributed by atoms with Crippen LogP contribution in [-0.2, 0) is 6.42 Å². The number of benzene rings is 1. The first-order chi connectivity index (χ1) is 5.92. The largest absolute Gasteiger partial charge is 0.316 e. The minimum Gasteiger partial charge on any atom is -0.316 e. The van der Waals surface area contributed by atoms with Gasteiger partial charge in [-0.1, -0.05) is 31.2 Å².